The molecular weight excluding hydrogens is 294 g/mol. The lowest BCUT2D eigenvalue weighted by atomic mass is 9.77. The Balaban J connectivity index is 1.75. The first-order chi connectivity index (χ1) is 10.0. The van der Waals surface area contributed by atoms with Crippen LogP contribution in [-0.4, -0.2) is 35.2 Å². The Labute approximate surface area is 125 Å². The third-order valence-corrected chi connectivity index (χ3v) is 4.74. The van der Waals surface area contributed by atoms with E-state index in [1.807, 2.05) is 6.08 Å². The summed E-state index contributed by atoms with van der Waals surface area (Å²) in [5, 5.41) is 9.92. The Kier molecular flexibility index (Phi) is 2.50. The van der Waals surface area contributed by atoms with Crippen molar-refractivity contribution >= 4 is 29.2 Å². The van der Waals surface area contributed by atoms with Crippen LogP contribution in [0.25, 0.3) is 0 Å². The van der Waals surface area contributed by atoms with Crippen LogP contribution in [0.3, 0.4) is 0 Å². The third kappa shape index (κ3) is 1.61. The van der Waals surface area contributed by atoms with Crippen molar-refractivity contribution in [2.24, 2.45) is 11.8 Å². The van der Waals surface area contributed by atoms with Crippen molar-refractivity contribution in [1.82, 2.24) is 0 Å². The van der Waals surface area contributed by atoms with E-state index in [2.05, 4.69) is 0 Å². The number of anilines is 1. The maximum atomic E-state index is 12.7. The smallest absolute Gasteiger partial charge is 0.310 e. The Morgan fingerprint density at radius 2 is 2.29 bits per heavy atom. The first-order valence-electron chi connectivity index (χ1n) is 6.69. The highest BCUT2D eigenvalue weighted by Crippen LogP contribution is 2.52. The zero-order valence-electron chi connectivity index (χ0n) is 10.9. The Hall–Kier alpha value is -1.85. The third-order valence-electron chi connectivity index (χ3n) is 4.51. The zero-order valence-corrected chi connectivity index (χ0v) is 11.7. The van der Waals surface area contributed by atoms with Gasteiger partial charge in [0.05, 0.1) is 18.6 Å². The molecule has 1 aromatic carbocycles. The standard InChI is InChI=1S/C15H12ClNO4/c16-8-2-1-3-9(6-8)17-7-15-5-4-10(21-15)11(14(19)20)12(15)13(17)18/h1-6,10-12H,7H2,(H,19,20)/t10-,11+,12-,15+/m1/s1. The van der Waals surface area contributed by atoms with Crippen molar-refractivity contribution in [3.63, 3.8) is 0 Å². The average molecular weight is 306 g/mol. The summed E-state index contributed by atoms with van der Waals surface area (Å²) in [6.45, 7) is 0.327. The zero-order chi connectivity index (χ0) is 14.8. The molecule has 6 heteroatoms. The summed E-state index contributed by atoms with van der Waals surface area (Å²) in [6.07, 6.45) is 3.09. The number of fused-ring (bicyclic) bond motifs is 1. The molecule has 0 aromatic heterocycles. The first kappa shape index (κ1) is 12.9. The highest BCUT2D eigenvalue weighted by molar-refractivity contribution is 6.31. The summed E-state index contributed by atoms with van der Waals surface area (Å²) < 4.78 is 5.82. The summed E-state index contributed by atoms with van der Waals surface area (Å²) in [7, 11) is 0. The molecule has 1 aromatic rings. The molecule has 1 amide bonds. The molecule has 0 unspecified atom stereocenters. The van der Waals surface area contributed by atoms with Gasteiger partial charge in [-0.1, -0.05) is 29.8 Å². The molecular formula is C15H12ClNO4. The SMILES string of the molecule is O=C(O)[C@H]1[C@H]2C=C[C@@]3(CN(c4cccc(Cl)c4)C(=O)[C@@H]13)O2. The molecule has 2 saturated heterocycles. The summed E-state index contributed by atoms with van der Waals surface area (Å²) in [6, 6.07) is 6.97. The van der Waals surface area contributed by atoms with Gasteiger partial charge in [0.15, 0.2) is 0 Å². The topological polar surface area (TPSA) is 66.8 Å². The van der Waals surface area contributed by atoms with E-state index in [-0.39, 0.29) is 5.91 Å². The van der Waals surface area contributed by atoms with E-state index in [9.17, 15) is 14.7 Å². The second-order valence-corrected chi connectivity index (χ2v) is 6.08. The lowest BCUT2D eigenvalue weighted by Gasteiger charge is -2.21. The number of carboxylic acids is 1. The Morgan fingerprint density at radius 3 is 3.00 bits per heavy atom. The fraction of sp³-hybridized carbons (Fsp3) is 0.333. The monoisotopic (exact) mass is 305 g/mol. The van der Waals surface area contributed by atoms with E-state index >= 15 is 0 Å². The van der Waals surface area contributed by atoms with Crippen molar-refractivity contribution in [3.05, 3.63) is 41.4 Å². The largest absolute Gasteiger partial charge is 0.481 e. The van der Waals surface area contributed by atoms with Gasteiger partial charge < -0.3 is 14.7 Å². The van der Waals surface area contributed by atoms with Crippen molar-refractivity contribution in [2.45, 2.75) is 11.7 Å². The van der Waals surface area contributed by atoms with Gasteiger partial charge in [0, 0.05) is 10.7 Å². The molecule has 0 aliphatic carbocycles. The van der Waals surface area contributed by atoms with E-state index in [1.165, 1.54) is 0 Å². The van der Waals surface area contributed by atoms with E-state index in [0.717, 1.165) is 0 Å². The van der Waals surface area contributed by atoms with Crippen LogP contribution in [0.15, 0.2) is 36.4 Å². The maximum absolute atomic E-state index is 12.7. The fourth-order valence-corrected chi connectivity index (χ4v) is 3.83. The van der Waals surface area contributed by atoms with Crippen LogP contribution in [0.4, 0.5) is 5.69 Å². The number of rotatable bonds is 2. The molecule has 0 saturated carbocycles. The molecule has 108 valence electrons. The van der Waals surface area contributed by atoms with Gasteiger partial charge in [0.25, 0.3) is 0 Å². The number of benzene rings is 1. The molecule has 0 radical (unpaired) electrons. The highest BCUT2D eigenvalue weighted by Gasteiger charge is 2.67. The van der Waals surface area contributed by atoms with Gasteiger partial charge >= 0.3 is 5.97 Å². The molecule has 1 N–H and O–H groups in total. The van der Waals surface area contributed by atoms with E-state index in [1.54, 1.807) is 35.2 Å². The predicted molar refractivity (Wildman–Crippen MR) is 75.2 cm³/mol. The molecule has 4 atom stereocenters. The molecule has 21 heavy (non-hydrogen) atoms. The number of hydrogen-bond acceptors (Lipinski definition) is 3. The molecule has 2 fully saturated rings. The number of carbonyl (C=O) groups excluding carboxylic acids is 1. The minimum absolute atomic E-state index is 0.212. The normalized spacial score (nSPS) is 36.3. The predicted octanol–water partition coefficient (Wildman–Crippen LogP) is 1.71. The van der Waals surface area contributed by atoms with Gasteiger partial charge in [-0.25, -0.2) is 0 Å². The van der Waals surface area contributed by atoms with Crippen LogP contribution in [0.5, 0.6) is 0 Å². The molecule has 4 rings (SSSR count). The number of carbonyl (C=O) groups is 2. The number of halogens is 1. The minimum atomic E-state index is -0.988. The number of nitrogens with zero attached hydrogens (tertiary/aromatic N) is 1. The number of amides is 1. The van der Waals surface area contributed by atoms with Gasteiger partial charge in [-0.3, -0.25) is 9.59 Å². The van der Waals surface area contributed by atoms with Crippen molar-refractivity contribution in [1.29, 1.82) is 0 Å². The first-order valence-corrected chi connectivity index (χ1v) is 7.07. The van der Waals surface area contributed by atoms with Gasteiger partial charge in [-0.2, -0.15) is 0 Å². The molecule has 3 aliphatic heterocycles. The van der Waals surface area contributed by atoms with E-state index in [0.29, 0.717) is 17.3 Å². The summed E-state index contributed by atoms with van der Waals surface area (Å²) in [5.74, 6) is -2.68. The summed E-state index contributed by atoms with van der Waals surface area (Å²) in [4.78, 5) is 25.7. The number of aliphatic carboxylic acids is 1. The Bertz CT molecular complexity index is 688. The average Bonchev–Trinajstić information content (AvgIpc) is 3.07. The second-order valence-electron chi connectivity index (χ2n) is 5.64. The molecule has 2 bridgehead atoms. The van der Waals surface area contributed by atoms with Crippen molar-refractivity contribution in [2.75, 3.05) is 11.4 Å². The minimum Gasteiger partial charge on any atom is -0.481 e. The van der Waals surface area contributed by atoms with Crippen LogP contribution < -0.4 is 4.90 Å². The molecule has 1 spiro atoms. The van der Waals surface area contributed by atoms with Crippen LogP contribution in [0.2, 0.25) is 5.02 Å². The van der Waals surface area contributed by atoms with Gasteiger partial charge in [-0.15, -0.1) is 0 Å². The van der Waals surface area contributed by atoms with Crippen LogP contribution in [-0.2, 0) is 14.3 Å². The van der Waals surface area contributed by atoms with Gasteiger partial charge in [0.1, 0.15) is 11.5 Å². The second kappa shape index (κ2) is 4.08. The Morgan fingerprint density at radius 1 is 1.48 bits per heavy atom. The highest BCUT2D eigenvalue weighted by atomic mass is 35.5. The number of carboxylic acid groups (broad SMARTS) is 1. The molecule has 3 heterocycles. The number of ether oxygens (including phenoxy) is 1. The van der Waals surface area contributed by atoms with Crippen LogP contribution in [0.1, 0.15) is 0 Å². The van der Waals surface area contributed by atoms with Crippen molar-refractivity contribution < 1.29 is 19.4 Å². The van der Waals surface area contributed by atoms with Crippen LogP contribution >= 0.6 is 11.6 Å². The fourth-order valence-electron chi connectivity index (χ4n) is 3.64. The quantitative estimate of drug-likeness (QED) is 0.845. The van der Waals surface area contributed by atoms with Crippen molar-refractivity contribution in [3.8, 4) is 0 Å². The maximum Gasteiger partial charge on any atom is 0.310 e. The number of hydrogen-bond donors (Lipinski definition) is 1. The van der Waals surface area contributed by atoms with Gasteiger partial charge in [0.2, 0.25) is 5.91 Å². The summed E-state index contributed by atoms with van der Waals surface area (Å²) in [5.41, 5.74) is -0.145. The van der Waals surface area contributed by atoms with E-state index < -0.39 is 29.5 Å². The summed E-state index contributed by atoms with van der Waals surface area (Å²) >= 11 is 5.97. The molecule has 5 nitrogen and oxygen atoms in total. The van der Waals surface area contributed by atoms with Gasteiger partial charge in [-0.05, 0) is 18.2 Å². The van der Waals surface area contributed by atoms with Crippen LogP contribution in [0, 0.1) is 11.8 Å². The van der Waals surface area contributed by atoms with E-state index in [4.69, 9.17) is 16.3 Å². The molecule has 3 aliphatic rings. The lowest BCUT2D eigenvalue weighted by molar-refractivity contribution is -0.146. The lowest BCUT2D eigenvalue weighted by Crippen LogP contribution is -2.39.